The summed E-state index contributed by atoms with van der Waals surface area (Å²) in [6, 6.07) is 10.1. The highest BCUT2D eigenvalue weighted by Gasteiger charge is 2.17. The van der Waals surface area contributed by atoms with Gasteiger partial charge in [-0.3, -0.25) is 9.10 Å². The molecule has 0 spiro atoms. The zero-order chi connectivity index (χ0) is 18.9. The number of aryl methyl sites for hydroxylation is 1. The number of carbonyl (C=O) groups is 1. The second-order valence-corrected chi connectivity index (χ2v) is 8.06. The molecule has 2 aromatic carbocycles. The summed E-state index contributed by atoms with van der Waals surface area (Å²) in [5, 5.41) is 2.81. The summed E-state index contributed by atoms with van der Waals surface area (Å²) in [5.74, 6) is 0.951. The van der Waals surface area contributed by atoms with Crippen LogP contribution in [0.25, 0.3) is 0 Å². The van der Waals surface area contributed by atoms with E-state index in [1.165, 1.54) is 11.4 Å². The van der Waals surface area contributed by atoms with Crippen LogP contribution in [0.4, 0.5) is 11.4 Å². The summed E-state index contributed by atoms with van der Waals surface area (Å²) in [4.78, 5) is 12.5. The minimum atomic E-state index is -3.36. The van der Waals surface area contributed by atoms with Gasteiger partial charge in [0.1, 0.15) is 13.2 Å². The lowest BCUT2D eigenvalue weighted by molar-refractivity contribution is 0.102. The Morgan fingerprint density at radius 2 is 1.77 bits per heavy atom. The first-order chi connectivity index (χ1) is 12.3. The minimum Gasteiger partial charge on any atom is -0.486 e. The maximum Gasteiger partial charge on any atom is 0.255 e. The molecule has 0 saturated carbocycles. The summed E-state index contributed by atoms with van der Waals surface area (Å²) < 4.78 is 35.5. The summed E-state index contributed by atoms with van der Waals surface area (Å²) >= 11 is 0. The Morgan fingerprint density at radius 1 is 1.08 bits per heavy atom. The zero-order valence-corrected chi connectivity index (χ0v) is 15.6. The molecule has 0 aliphatic carbocycles. The third-order valence-corrected chi connectivity index (χ3v) is 5.29. The van der Waals surface area contributed by atoms with Gasteiger partial charge in [0, 0.05) is 24.4 Å². The molecule has 0 radical (unpaired) electrons. The molecule has 1 aliphatic rings. The van der Waals surface area contributed by atoms with Gasteiger partial charge < -0.3 is 14.8 Å². The molecule has 0 saturated heterocycles. The van der Waals surface area contributed by atoms with Gasteiger partial charge in [-0.05, 0) is 42.8 Å². The molecule has 0 fully saturated rings. The van der Waals surface area contributed by atoms with Crippen molar-refractivity contribution >= 4 is 27.3 Å². The van der Waals surface area contributed by atoms with Crippen molar-refractivity contribution < 1.29 is 22.7 Å². The third-order valence-electron chi connectivity index (χ3n) is 4.10. The van der Waals surface area contributed by atoms with Crippen molar-refractivity contribution in [1.82, 2.24) is 0 Å². The van der Waals surface area contributed by atoms with Crippen LogP contribution in [0, 0.1) is 6.92 Å². The predicted molar refractivity (Wildman–Crippen MR) is 99.8 cm³/mol. The monoisotopic (exact) mass is 376 g/mol. The maximum atomic E-state index is 12.5. The normalized spacial score (nSPS) is 13.2. The van der Waals surface area contributed by atoms with E-state index in [-0.39, 0.29) is 5.91 Å². The van der Waals surface area contributed by atoms with Gasteiger partial charge in [0.05, 0.1) is 11.9 Å². The number of nitrogens with zero attached hydrogens (tertiary/aromatic N) is 1. The van der Waals surface area contributed by atoms with Crippen LogP contribution in [0.3, 0.4) is 0 Å². The summed E-state index contributed by atoms with van der Waals surface area (Å²) in [6.07, 6.45) is 1.13. The minimum absolute atomic E-state index is 0.293. The Bertz CT molecular complexity index is 956. The molecular formula is C18H20N2O5S. The lowest BCUT2D eigenvalue weighted by atomic mass is 10.1. The number of benzene rings is 2. The molecule has 2 aromatic rings. The van der Waals surface area contributed by atoms with E-state index in [1.807, 2.05) is 0 Å². The fourth-order valence-electron chi connectivity index (χ4n) is 2.65. The molecule has 0 aromatic heterocycles. The third kappa shape index (κ3) is 3.75. The number of hydrogen-bond acceptors (Lipinski definition) is 5. The maximum absolute atomic E-state index is 12.5. The van der Waals surface area contributed by atoms with Gasteiger partial charge in [-0.15, -0.1) is 0 Å². The number of anilines is 2. The molecule has 1 amide bonds. The SMILES string of the molecule is Cc1cc(C(=O)Nc2ccc3c(c2)OCCO3)ccc1N(C)S(C)(=O)=O. The molecule has 1 heterocycles. The molecule has 138 valence electrons. The molecule has 8 heteroatoms. The molecule has 0 bridgehead atoms. The van der Waals surface area contributed by atoms with E-state index in [0.29, 0.717) is 47.2 Å². The lowest BCUT2D eigenvalue weighted by Crippen LogP contribution is -2.25. The van der Waals surface area contributed by atoms with Crippen molar-refractivity contribution in [3.8, 4) is 11.5 Å². The van der Waals surface area contributed by atoms with Crippen LogP contribution >= 0.6 is 0 Å². The van der Waals surface area contributed by atoms with E-state index < -0.39 is 10.0 Å². The standard InChI is InChI=1S/C18H20N2O5S/c1-12-10-13(4-6-15(12)20(2)26(3,22)23)18(21)19-14-5-7-16-17(11-14)25-9-8-24-16/h4-7,10-11H,8-9H2,1-3H3,(H,19,21). The first-order valence-corrected chi connectivity index (χ1v) is 9.86. The largest absolute Gasteiger partial charge is 0.486 e. The fraction of sp³-hybridized carbons (Fsp3) is 0.278. The average molecular weight is 376 g/mol. The van der Waals surface area contributed by atoms with Gasteiger partial charge in [0.2, 0.25) is 10.0 Å². The van der Waals surface area contributed by atoms with Gasteiger partial charge in [-0.25, -0.2) is 8.42 Å². The Kier molecular flexibility index (Phi) is 4.78. The first kappa shape index (κ1) is 18.1. The van der Waals surface area contributed by atoms with Crippen LogP contribution in [0.2, 0.25) is 0 Å². The Hall–Kier alpha value is -2.74. The molecular weight excluding hydrogens is 356 g/mol. The van der Waals surface area contributed by atoms with E-state index in [4.69, 9.17) is 9.47 Å². The Morgan fingerprint density at radius 3 is 2.42 bits per heavy atom. The van der Waals surface area contributed by atoms with Crippen LogP contribution in [0.15, 0.2) is 36.4 Å². The molecule has 26 heavy (non-hydrogen) atoms. The molecule has 3 rings (SSSR count). The fourth-order valence-corrected chi connectivity index (χ4v) is 3.22. The Labute approximate surface area is 152 Å². The van der Waals surface area contributed by atoms with Gasteiger partial charge in [0.15, 0.2) is 11.5 Å². The van der Waals surface area contributed by atoms with Gasteiger partial charge in [-0.1, -0.05) is 0 Å². The second-order valence-electron chi connectivity index (χ2n) is 6.04. The van der Waals surface area contributed by atoms with Crippen LogP contribution < -0.4 is 19.1 Å². The van der Waals surface area contributed by atoms with Crippen molar-refractivity contribution in [1.29, 1.82) is 0 Å². The lowest BCUT2D eigenvalue weighted by Gasteiger charge is -2.20. The van der Waals surface area contributed by atoms with Crippen LogP contribution in [0.5, 0.6) is 11.5 Å². The van der Waals surface area contributed by atoms with Crippen molar-refractivity contribution in [3.63, 3.8) is 0 Å². The van der Waals surface area contributed by atoms with Crippen molar-refractivity contribution in [3.05, 3.63) is 47.5 Å². The number of sulfonamides is 1. The highest BCUT2D eigenvalue weighted by atomic mass is 32.2. The smallest absolute Gasteiger partial charge is 0.255 e. The first-order valence-electron chi connectivity index (χ1n) is 8.01. The quantitative estimate of drug-likeness (QED) is 0.886. The van der Waals surface area contributed by atoms with Gasteiger partial charge >= 0.3 is 0 Å². The average Bonchev–Trinajstić information content (AvgIpc) is 2.60. The molecule has 1 aliphatic heterocycles. The number of amides is 1. The van der Waals surface area contributed by atoms with E-state index >= 15 is 0 Å². The predicted octanol–water partition coefficient (Wildman–Crippen LogP) is 2.41. The van der Waals surface area contributed by atoms with Crippen molar-refractivity contribution in [2.75, 3.05) is 36.1 Å². The van der Waals surface area contributed by atoms with Crippen molar-refractivity contribution in [2.45, 2.75) is 6.92 Å². The number of nitrogens with one attached hydrogen (secondary N) is 1. The second kappa shape index (κ2) is 6.87. The summed E-state index contributed by atoms with van der Waals surface area (Å²) in [7, 11) is -1.88. The Balaban J connectivity index is 1.79. The molecule has 0 unspecified atom stereocenters. The number of ether oxygens (including phenoxy) is 2. The van der Waals surface area contributed by atoms with Gasteiger partial charge in [0.25, 0.3) is 5.91 Å². The topological polar surface area (TPSA) is 84.9 Å². The van der Waals surface area contributed by atoms with E-state index in [1.54, 1.807) is 43.3 Å². The number of fused-ring (bicyclic) bond motifs is 1. The van der Waals surface area contributed by atoms with E-state index in [2.05, 4.69) is 5.32 Å². The number of rotatable bonds is 4. The summed E-state index contributed by atoms with van der Waals surface area (Å²) in [5.41, 5.74) is 2.24. The van der Waals surface area contributed by atoms with Crippen LogP contribution in [-0.2, 0) is 10.0 Å². The number of hydrogen-bond donors (Lipinski definition) is 1. The molecule has 1 N–H and O–H groups in total. The van der Waals surface area contributed by atoms with E-state index in [9.17, 15) is 13.2 Å². The van der Waals surface area contributed by atoms with E-state index in [0.717, 1.165) is 6.26 Å². The number of carbonyl (C=O) groups excluding carboxylic acids is 1. The highest BCUT2D eigenvalue weighted by Crippen LogP contribution is 2.32. The molecule has 7 nitrogen and oxygen atoms in total. The van der Waals surface area contributed by atoms with Crippen molar-refractivity contribution in [2.24, 2.45) is 0 Å². The van der Waals surface area contributed by atoms with Crippen LogP contribution in [-0.4, -0.2) is 40.8 Å². The molecule has 0 atom stereocenters. The zero-order valence-electron chi connectivity index (χ0n) is 14.8. The summed E-state index contributed by atoms with van der Waals surface area (Å²) in [6.45, 7) is 2.74. The van der Waals surface area contributed by atoms with Gasteiger partial charge in [-0.2, -0.15) is 0 Å². The highest BCUT2D eigenvalue weighted by molar-refractivity contribution is 7.92. The van der Waals surface area contributed by atoms with Crippen LogP contribution in [0.1, 0.15) is 15.9 Å².